The zero-order valence-electron chi connectivity index (χ0n) is 19.1. The van der Waals surface area contributed by atoms with Crippen LogP contribution in [0.3, 0.4) is 0 Å². The lowest BCUT2D eigenvalue weighted by atomic mass is 9.80. The summed E-state index contributed by atoms with van der Waals surface area (Å²) in [6.07, 6.45) is -6.96. The third kappa shape index (κ3) is 6.11. The molecule has 1 saturated heterocycles. The minimum absolute atomic E-state index is 0.0575. The zero-order chi connectivity index (χ0) is 26.3. The summed E-state index contributed by atoms with van der Waals surface area (Å²) in [7, 11) is 0. The maximum absolute atomic E-state index is 13.4. The summed E-state index contributed by atoms with van der Waals surface area (Å²) >= 11 is 0. The number of nitrogens with one attached hydrogen (secondary N) is 1. The van der Waals surface area contributed by atoms with Crippen molar-refractivity contribution in [3.63, 3.8) is 0 Å². The van der Waals surface area contributed by atoms with Crippen molar-refractivity contribution in [2.75, 3.05) is 13.1 Å². The molecule has 0 radical (unpaired) electrons. The van der Waals surface area contributed by atoms with E-state index in [4.69, 9.17) is 0 Å². The Kier molecular flexibility index (Phi) is 6.98. The summed E-state index contributed by atoms with van der Waals surface area (Å²) in [5.74, 6) is -1.29. The van der Waals surface area contributed by atoms with Gasteiger partial charge in [0.2, 0.25) is 5.91 Å². The second-order valence-electron chi connectivity index (χ2n) is 9.77. The first-order valence-electron chi connectivity index (χ1n) is 11.5. The SMILES string of the molecule is O=C(NCc1cc(C(F)(F)F)cc(C(F)(F)F)c1)C1(CC2CC2)CCN(Cc2ccc(F)c(O)c2)C1. The Morgan fingerprint density at radius 3 is 2.19 bits per heavy atom. The fourth-order valence-electron chi connectivity index (χ4n) is 4.82. The number of aromatic hydroxyl groups is 1. The van der Waals surface area contributed by atoms with Crippen LogP contribution in [0.5, 0.6) is 5.75 Å². The van der Waals surface area contributed by atoms with E-state index in [2.05, 4.69) is 5.32 Å². The van der Waals surface area contributed by atoms with Crippen molar-refractivity contribution in [2.24, 2.45) is 11.3 Å². The molecule has 2 aromatic rings. The summed E-state index contributed by atoms with van der Waals surface area (Å²) in [6, 6.07) is 5.28. The quantitative estimate of drug-likeness (QED) is 0.451. The third-order valence-corrected chi connectivity index (χ3v) is 6.81. The highest BCUT2D eigenvalue weighted by atomic mass is 19.4. The first-order valence-corrected chi connectivity index (χ1v) is 11.5. The Morgan fingerprint density at radius 1 is 1.00 bits per heavy atom. The number of carbonyl (C=O) groups excluding carboxylic acids is 1. The van der Waals surface area contributed by atoms with Crippen LogP contribution in [0.4, 0.5) is 30.7 Å². The van der Waals surface area contributed by atoms with E-state index in [0.717, 1.165) is 18.9 Å². The Labute approximate surface area is 203 Å². The average Bonchev–Trinajstić information content (AvgIpc) is 3.51. The van der Waals surface area contributed by atoms with Gasteiger partial charge in [-0.2, -0.15) is 26.3 Å². The van der Waals surface area contributed by atoms with Gasteiger partial charge in [0, 0.05) is 19.6 Å². The summed E-state index contributed by atoms with van der Waals surface area (Å²) < 4.78 is 92.3. The number of hydrogen-bond donors (Lipinski definition) is 2. The molecule has 1 amide bonds. The molecule has 2 aromatic carbocycles. The number of nitrogens with zero attached hydrogens (tertiary/aromatic N) is 1. The van der Waals surface area contributed by atoms with Crippen LogP contribution in [0.1, 0.15) is 47.9 Å². The highest BCUT2D eigenvalue weighted by Gasteiger charge is 2.47. The van der Waals surface area contributed by atoms with Gasteiger partial charge in [0.1, 0.15) is 0 Å². The van der Waals surface area contributed by atoms with Gasteiger partial charge in [0.05, 0.1) is 16.5 Å². The molecule has 1 unspecified atom stereocenters. The van der Waals surface area contributed by atoms with Crippen molar-refractivity contribution in [1.29, 1.82) is 0 Å². The maximum atomic E-state index is 13.4. The van der Waals surface area contributed by atoms with Crippen LogP contribution in [0.25, 0.3) is 0 Å². The zero-order valence-corrected chi connectivity index (χ0v) is 19.1. The predicted molar refractivity (Wildman–Crippen MR) is 116 cm³/mol. The molecule has 4 rings (SSSR count). The van der Waals surface area contributed by atoms with Gasteiger partial charge < -0.3 is 10.4 Å². The third-order valence-electron chi connectivity index (χ3n) is 6.81. The fraction of sp³-hybridized carbons (Fsp3) is 0.480. The number of rotatable bonds is 7. The number of halogens is 7. The number of likely N-dealkylation sites (tertiary alicyclic amines) is 1. The molecule has 36 heavy (non-hydrogen) atoms. The Hall–Kier alpha value is -2.82. The van der Waals surface area contributed by atoms with E-state index in [0.29, 0.717) is 56.1 Å². The van der Waals surface area contributed by atoms with Crippen LogP contribution < -0.4 is 5.32 Å². The topological polar surface area (TPSA) is 52.6 Å². The number of phenolic OH excluding ortho intramolecular Hbond substituents is 1. The molecule has 4 nitrogen and oxygen atoms in total. The van der Waals surface area contributed by atoms with Crippen molar-refractivity contribution in [1.82, 2.24) is 10.2 Å². The standard InChI is InChI=1S/C25H25F7N2O2/c26-20-4-3-16(9-21(20)35)13-34-6-5-23(14-34,11-15-1-2-15)22(36)33-12-17-7-18(24(27,28)29)10-19(8-17)25(30,31)32/h3-4,7-10,15,35H,1-2,5-6,11-14H2,(H,33,36). The molecule has 0 spiro atoms. The van der Waals surface area contributed by atoms with Crippen LogP contribution in [-0.4, -0.2) is 29.0 Å². The highest BCUT2D eigenvalue weighted by molar-refractivity contribution is 5.83. The summed E-state index contributed by atoms with van der Waals surface area (Å²) in [5, 5.41) is 12.2. The van der Waals surface area contributed by atoms with Crippen molar-refractivity contribution < 1.29 is 40.6 Å². The average molecular weight is 518 g/mol. The molecule has 1 aliphatic carbocycles. The number of carbonyl (C=O) groups is 1. The molecule has 1 heterocycles. The van der Waals surface area contributed by atoms with Gasteiger partial charge >= 0.3 is 12.4 Å². The van der Waals surface area contributed by atoms with Crippen LogP contribution >= 0.6 is 0 Å². The number of benzene rings is 2. The predicted octanol–water partition coefficient (Wildman–Crippen LogP) is 5.88. The van der Waals surface area contributed by atoms with Gasteiger partial charge in [0.15, 0.2) is 11.6 Å². The Balaban J connectivity index is 1.49. The number of hydrogen-bond acceptors (Lipinski definition) is 3. The minimum atomic E-state index is -4.96. The number of alkyl halides is 6. The van der Waals surface area contributed by atoms with Gasteiger partial charge in [-0.05, 0) is 66.8 Å². The van der Waals surface area contributed by atoms with Gasteiger partial charge in [-0.1, -0.05) is 18.9 Å². The van der Waals surface area contributed by atoms with Crippen LogP contribution in [0.15, 0.2) is 36.4 Å². The van der Waals surface area contributed by atoms with Gasteiger partial charge in [-0.25, -0.2) is 4.39 Å². The van der Waals surface area contributed by atoms with E-state index in [1.807, 2.05) is 4.90 Å². The first-order chi connectivity index (χ1) is 16.7. The largest absolute Gasteiger partial charge is 0.505 e. The number of phenols is 1. The lowest BCUT2D eigenvalue weighted by Crippen LogP contribution is -2.43. The van der Waals surface area contributed by atoms with Crippen LogP contribution in [0.2, 0.25) is 0 Å². The monoisotopic (exact) mass is 518 g/mol. The van der Waals surface area contributed by atoms with E-state index >= 15 is 0 Å². The van der Waals surface area contributed by atoms with E-state index in [1.54, 1.807) is 0 Å². The smallest absolute Gasteiger partial charge is 0.416 e. The van der Waals surface area contributed by atoms with Gasteiger partial charge in [-0.3, -0.25) is 9.69 Å². The molecule has 0 aromatic heterocycles. The molecule has 11 heteroatoms. The lowest BCUT2D eigenvalue weighted by Gasteiger charge is -2.29. The van der Waals surface area contributed by atoms with E-state index in [1.165, 1.54) is 12.1 Å². The molecular weight excluding hydrogens is 493 g/mol. The van der Waals surface area contributed by atoms with Gasteiger partial charge in [0.25, 0.3) is 0 Å². The van der Waals surface area contributed by atoms with Crippen molar-refractivity contribution >= 4 is 5.91 Å². The minimum Gasteiger partial charge on any atom is -0.505 e. The molecule has 1 atom stereocenters. The van der Waals surface area contributed by atoms with Crippen molar-refractivity contribution in [3.8, 4) is 5.75 Å². The van der Waals surface area contributed by atoms with E-state index < -0.39 is 52.9 Å². The Bertz CT molecular complexity index is 1100. The second-order valence-corrected chi connectivity index (χ2v) is 9.77. The molecule has 196 valence electrons. The molecule has 2 fully saturated rings. The highest BCUT2D eigenvalue weighted by Crippen LogP contribution is 2.46. The van der Waals surface area contributed by atoms with Crippen molar-refractivity contribution in [3.05, 3.63) is 64.5 Å². The summed E-state index contributed by atoms with van der Waals surface area (Å²) in [4.78, 5) is 15.3. The molecule has 1 saturated carbocycles. The van der Waals surface area contributed by atoms with E-state index in [9.17, 15) is 40.6 Å². The first kappa shape index (κ1) is 26.2. The van der Waals surface area contributed by atoms with Crippen LogP contribution in [0, 0.1) is 17.2 Å². The molecule has 2 aliphatic rings. The second kappa shape index (κ2) is 9.57. The van der Waals surface area contributed by atoms with Crippen molar-refractivity contribution in [2.45, 2.75) is 51.1 Å². The van der Waals surface area contributed by atoms with Crippen LogP contribution in [-0.2, 0) is 30.2 Å². The fourth-order valence-corrected chi connectivity index (χ4v) is 4.82. The molecule has 1 aliphatic heterocycles. The summed E-state index contributed by atoms with van der Waals surface area (Å²) in [5.41, 5.74) is -3.32. The lowest BCUT2D eigenvalue weighted by molar-refractivity contribution is -0.143. The number of amides is 1. The molecule has 0 bridgehead atoms. The van der Waals surface area contributed by atoms with E-state index in [-0.39, 0.29) is 11.6 Å². The Morgan fingerprint density at radius 2 is 1.64 bits per heavy atom. The summed E-state index contributed by atoms with van der Waals surface area (Å²) in [6.45, 7) is 0.754. The molecule has 2 N–H and O–H groups in total. The maximum Gasteiger partial charge on any atom is 0.416 e. The molecular formula is C25H25F7N2O2. The van der Waals surface area contributed by atoms with Gasteiger partial charge in [-0.15, -0.1) is 0 Å². The normalized spacial score (nSPS) is 21.1.